The molecular weight excluding hydrogens is 437 g/mol. The molecule has 0 aliphatic rings. The number of anilines is 1. The van der Waals surface area contributed by atoms with Crippen LogP contribution >= 0.6 is 23.2 Å². The van der Waals surface area contributed by atoms with Gasteiger partial charge >= 0.3 is 5.97 Å². The van der Waals surface area contributed by atoms with E-state index >= 15 is 0 Å². The van der Waals surface area contributed by atoms with Gasteiger partial charge in [-0.15, -0.1) is 0 Å². The summed E-state index contributed by atoms with van der Waals surface area (Å²) in [5.74, 6) is 0.0603. The molecule has 0 spiro atoms. The Balaban J connectivity index is 1.78. The SMILES string of the molecule is CCOc1cc(CNc2cccc(C(=O)O)c2C)cc(Cl)c1OCc1cccc(Cl)c1. The Bertz CT molecular complexity index is 1090. The van der Waals surface area contributed by atoms with Crippen LogP contribution in [0.1, 0.15) is 34.0 Å². The van der Waals surface area contributed by atoms with Crippen molar-refractivity contribution in [1.29, 1.82) is 0 Å². The van der Waals surface area contributed by atoms with Gasteiger partial charge in [-0.1, -0.05) is 41.4 Å². The zero-order valence-corrected chi connectivity index (χ0v) is 18.8. The third kappa shape index (κ3) is 5.84. The van der Waals surface area contributed by atoms with Crippen molar-refractivity contribution in [2.45, 2.75) is 27.0 Å². The number of ether oxygens (including phenoxy) is 2. The lowest BCUT2D eigenvalue weighted by atomic mass is 10.1. The van der Waals surface area contributed by atoms with Gasteiger partial charge in [0.2, 0.25) is 0 Å². The molecular formula is C24H23Cl2NO4. The molecule has 0 radical (unpaired) electrons. The molecule has 0 amide bonds. The van der Waals surface area contributed by atoms with E-state index < -0.39 is 5.97 Å². The van der Waals surface area contributed by atoms with Gasteiger partial charge in [0.05, 0.1) is 17.2 Å². The highest BCUT2D eigenvalue weighted by molar-refractivity contribution is 6.32. The van der Waals surface area contributed by atoms with Gasteiger partial charge < -0.3 is 19.9 Å². The molecule has 2 N–H and O–H groups in total. The first-order valence-electron chi connectivity index (χ1n) is 9.78. The molecule has 0 saturated carbocycles. The summed E-state index contributed by atoms with van der Waals surface area (Å²) in [6.45, 7) is 4.87. The van der Waals surface area contributed by atoms with Crippen molar-refractivity contribution in [3.63, 3.8) is 0 Å². The highest BCUT2D eigenvalue weighted by Gasteiger charge is 2.14. The van der Waals surface area contributed by atoms with E-state index in [0.29, 0.717) is 46.9 Å². The molecule has 0 aromatic heterocycles. The third-order valence-corrected chi connectivity index (χ3v) is 5.20. The summed E-state index contributed by atoms with van der Waals surface area (Å²) in [6, 6.07) is 16.2. The van der Waals surface area contributed by atoms with Crippen LogP contribution in [0.2, 0.25) is 10.0 Å². The van der Waals surface area contributed by atoms with Crippen molar-refractivity contribution in [3.8, 4) is 11.5 Å². The van der Waals surface area contributed by atoms with Gasteiger partial charge in [-0.2, -0.15) is 0 Å². The molecule has 0 saturated heterocycles. The quantitative estimate of drug-likeness (QED) is 0.377. The van der Waals surface area contributed by atoms with Crippen LogP contribution in [0.15, 0.2) is 54.6 Å². The number of aromatic carboxylic acids is 1. The normalized spacial score (nSPS) is 10.6. The summed E-state index contributed by atoms with van der Waals surface area (Å²) >= 11 is 12.5. The number of carboxylic acids is 1. The van der Waals surface area contributed by atoms with E-state index in [9.17, 15) is 9.90 Å². The van der Waals surface area contributed by atoms with Gasteiger partial charge in [0, 0.05) is 17.3 Å². The molecule has 7 heteroatoms. The van der Waals surface area contributed by atoms with Crippen molar-refractivity contribution >= 4 is 34.9 Å². The fourth-order valence-corrected chi connectivity index (χ4v) is 3.67. The number of hydrogen-bond acceptors (Lipinski definition) is 4. The Kier molecular flexibility index (Phi) is 7.66. The summed E-state index contributed by atoms with van der Waals surface area (Å²) in [5.41, 5.74) is 3.49. The van der Waals surface area contributed by atoms with Crippen molar-refractivity contribution < 1.29 is 19.4 Å². The number of carbonyl (C=O) groups is 1. The van der Waals surface area contributed by atoms with Gasteiger partial charge in [-0.25, -0.2) is 4.79 Å². The predicted molar refractivity (Wildman–Crippen MR) is 124 cm³/mol. The van der Waals surface area contributed by atoms with E-state index in [-0.39, 0.29) is 5.56 Å². The van der Waals surface area contributed by atoms with E-state index in [4.69, 9.17) is 32.7 Å². The van der Waals surface area contributed by atoms with Crippen LogP contribution in [0.3, 0.4) is 0 Å². The largest absolute Gasteiger partial charge is 0.490 e. The van der Waals surface area contributed by atoms with E-state index in [1.54, 1.807) is 31.2 Å². The number of carboxylic acid groups (broad SMARTS) is 1. The maximum atomic E-state index is 11.3. The Hall–Kier alpha value is -2.89. The van der Waals surface area contributed by atoms with E-state index in [0.717, 1.165) is 16.8 Å². The summed E-state index contributed by atoms with van der Waals surface area (Å²) in [6.07, 6.45) is 0. The van der Waals surface area contributed by atoms with Crippen LogP contribution in [0.5, 0.6) is 11.5 Å². The monoisotopic (exact) mass is 459 g/mol. The summed E-state index contributed by atoms with van der Waals surface area (Å²) in [5, 5.41) is 13.6. The summed E-state index contributed by atoms with van der Waals surface area (Å²) in [4.78, 5) is 11.3. The van der Waals surface area contributed by atoms with Crippen molar-refractivity contribution in [2.24, 2.45) is 0 Å². The lowest BCUT2D eigenvalue weighted by Crippen LogP contribution is -2.07. The van der Waals surface area contributed by atoms with Gasteiger partial charge in [0.15, 0.2) is 11.5 Å². The number of rotatable bonds is 9. The minimum atomic E-state index is -0.955. The second kappa shape index (κ2) is 10.4. The lowest BCUT2D eigenvalue weighted by Gasteiger charge is -2.17. The van der Waals surface area contributed by atoms with Gasteiger partial charge in [0.25, 0.3) is 0 Å². The first kappa shape index (κ1) is 22.8. The van der Waals surface area contributed by atoms with Crippen molar-refractivity contribution in [1.82, 2.24) is 0 Å². The smallest absolute Gasteiger partial charge is 0.336 e. The number of hydrogen-bond donors (Lipinski definition) is 2. The molecule has 5 nitrogen and oxygen atoms in total. The Labute approximate surface area is 191 Å². The van der Waals surface area contributed by atoms with Gasteiger partial charge in [-0.05, 0) is 66.9 Å². The molecule has 3 rings (SSSR count). The molecule has 0 unspecified atom stereocenters. The van der Waals surface area contributed by atoms with Gasteiger partial charge in [0.1, 0.15) is 6.61 Å². The fourth-order valence-electron chi connectivity index (χ4n) is 3.16. The molecule has 162 valence electrons. The molecule has 0 aliphatic carbocycles. The van der Waals surface area contributed by atoms with E-state index in [2.05, 4.69) is 5.32 Å². The average Bonchev–Trinajstić information content (AvgIpc) is 2.72. The maximum Gasteiger partial charge on any atom is 0.336 e. The van der Waals surface area contributed by atoms with Crippen molar-refractivity contribution in [2.75, 3.05) is 11.9 Å². The Morgan fingerprint density at radius 1 is 1.03 bits per heavy atom. The second-order valence-corrected chi connectivity index (χ2v) is 7.74. The number of benzene rings is 3. The highest BCUT2D eigenvalue weighted by Crippen LogP contribution is 2.37. The van der Waals surface area contributed by atoms with Crippen LogP contribution < -0.4 is 14.8 Å². The first-order chi connectivity index (χ1) is 14.9. The zero-order chi connectivity index (χ0) is 22.4. The lowest BCUT2D eigenvalue weighted by molar-refractivity contribution is 0.0696. The molecule has 0 fully saturated rings. The Morgan fingerprint density at radius 3 is 2.52 bits per heavy atom. The molecule has 0 bridgehead atoms. The zero-order valence-electron chi connectivity index (χ0n) is 17.2. The van der Waals surface area contributed by atoms with E-state index in [1.807, 2.05) is 37.3 Å². The fraction of sp³-hybridized carbons (Fsp3) is 0.208. The second-order valence-electron chi connectivity index (χ2n) is 6.89. The van der Waals surface area contributed by atoms with Crippen LogP contribution in [0.4, 0.5) is 5.69 Å². The van der Waals surface area contributed by atoms with Gasteiger partial charge in [-0.3, -0.25) is 0 Å². The molecule has 0 heterocycles. The van der Waals surface area contributed by atoms with Crippen LogP contribution in [0, 0.1) is 6.92 Å². The highest BCUT2D eigenvalue weighted by atomic mass is 35.5. The molecule has 3 aromatic carbocycles. The van der Waals surface area contributed by atoms with Crippen LogP contribution in [-0.2, 0) is 13.2 Å². The Morgan fingerprint density at radius 2 is 1.81 bits per heavy atom. The summed E-state index contributed by atoms with van der Waals surface area (Å²) in [7, 11) is 0. The molecule has 31 heavy (non-hydrogen) atoms. The molecule has 0 atom stereocenters. The number of nitrogens with one attached hydrogen (secondary N) is 1. The minimum absolute atomic E-state index is 0.266. The van der Waals surface area contributed by atoms with Crippen molar-refractivity contribution in [3.05, 3.63) is 86.9 Å². The van der Waals surface area contributed by atoms with E-state index in [1.165, 1.54) is 0 Å². The minimum Gasteiger partial charge on any atom is -0.490 e. The van der Waals surface area contributed by atoms with Crippen LogP contribution in [0.25, 0.3) is 0 Å². The number of halogens is 2. The average molecular weight is 460 g/mol. The molecule has 3 aromatic rings. The predicted octanol–water partition coefficient (Wildman–Crippen LogP) is 6.59. The maximum absolute atomic E-state index is 11.3. The summed E-state index contributed by atoms with van der Waals surface area (Å²) < 4.78 is 11.7. The first-order valence-corrected chi connectivity index (χ1v) is 10.5. The third-order valence-electron chi connectivity index (χ3n) is 4.69. The van der Waals surface area contributed by atoms with Crippen LogP contribution in [-0.4, -0.2) is 17.7 Å². The molecule has 0 aliphatic heterocycles. The topological polar surface area (TPSA) is 67.8 Å². The standard InChI is InChI=1S/C24H23Cl2NO4/c1-3-30-22-12-17(13-27-21-9-5-8-19(15(21)2)24(28)29)11-20(26)23(22)31-14-16-6-4-7-18(25)10-16/h4-12,27H,3,13-14H2,1-2H3,(H,28,29).